The molecule has 0 aliphatic rings. The van der Waals surface area contributed by atoms with Crippen LogP contribution in [0.5, 0.6) is 0 Å². The van der Waals surface area contributed by atoms with E-state index >= 15 is 0 Å². The minimum Gasteiger partial charge on any atom is -0.326 e. The molecule has 7 heteroatoms. The number of halogens is 1. The van der Waals surface area contributed by atoms with E-state index in [0.717, 1.165) is 11.1 Å². The Labute approximate surface area is 168 Å². The zero-order valence-corrected chi connectivity index (χ0v) is 16.5. The highest BCUT2D eigenvalue weighted by atomic mass is 35.5. The van der Waals surface area contributed by atoms with Gasteiger partial charge in [-0.1, -0.05) is 47.5 Å². The molecule has 0 spiro atoms. The van der Waals surface area contributed by atoms with Gasteiger partial charge in [-0.05, 0) is 43.2 Å². The molecule has 2 aromatic carbocycles. The fourth-order valence-corrected chi connectivity index (χ4v) is 2.60. The Morgan fingerprint density at radius 2 is 1.68 bits per heavy atom. The summed E-state index contributed by atoms with van der Waals surface area (Å²) in [7, 11) is 0. The van der Waals surface area contributed by atoms with Crippen LogP contribution in [0.2, 0.25) is 5.02 Å². The Morgan fingerprint density at radius 1 is 0.964 bits per heavy atom. The third-order valence-electron chi connectivity index (χ3n) is 3.88. The van der Waals surface area contributed by atoms with E-state index in [4.69, 9.17) is 11.6 Å². The molecule has 0 saturated heterocycles. The van der Waals surface area contributed by atoms with Crippen LogP contribution >= 0.6 is 11.6 Å². The van der Waals surface area contributed by atoms with Gasteiger partial charge in [-0.25, -0.2) is 0 Å². The highest BCUT2D eigenvalue weighted by molar-refractivity contribution is 6.32. The summed E-state index contributed by atoms with van der Waals surface area (Å²) in [6, 6.07) is 12.8. The highest BCUT2D eigenvalue weighted by Crippen LogP contribution is 2.17. The van der Waals surface area contributed by atoms with Crippen molar-refractivity contribution in [2.45, 2.75) is 26.7 Å². The lowest BCUT2D eigenvalue weighted by molar-refractivity contribution is -0.128. The van der Waals surface area contributed by atoms with Gasteiger partial charge in [0.25, 0.3) is 5.91 Å². The Morgan fingerprint density at radius 3 is 2.39 bits per heavy atom. The van der Waals surface area contributed by atoms with Crippen LogP contribution in [0.4, 0.5) is 5.69 Å². The molecule has 3 N–H and O–H groups in total. The first-order valence-electron chi connectivity index (χ1n) is 8.73. The van der Waals surface area contributed by atoms with E-state index in [1.807, 2.05) is 32.0 Å². The van der Waals surface area contributed by atoms with Gasteiger partial charge < -0.3 is 5.32 Å². The van der Waals surface area contributed by atoms with Gasteiger partial charge in [-0.3, -0.25) is 25.2 Å². The van der Waals surface area contributed by atoms with Gasteiger partial charge in [0.05, 0.1) is 0 Å². The van der Waals surface area contributed by atoms with Crippen LogP contribution in [0, 0.1) is 13.8 Å². The van der Waals surface area contributed by atoms with Crippen molar-refractivity contribution in [2.24, 2.45) is 0 Å². The largest absolute Gasteiger partial charge is 0.326 e. The number of benzene rings is 2. The van der Waals surface area contributed by atoms with Crippen molar-refractivity contribution < 1.29 is 14.4 Å². The summed E-state index contributed by atoms with van der Waals surface area (Å²) in [4.78, 5) is 35.5. The van der Waals surface area contributed by atoms with Crippen molar-refractivity contribution in [2.75, 3.05) is 5.32 Å². The van der Waals surface area contributed by atoms with E-state index in [-0.39, 0.29) is 18.7 Å². The zero-order chi connectivity index (χ0) is 20.5. The molecule has 0 aliphatic heterocycles. The molecule has 0 aliphatic carbocycles. The van der Waals surface area contributed by atoms with E-state index in [0.29, 0.717) is 16.3 Å². The van der Waals surface area contributed by atoms with Crippen LogP contribution < -0.4 is 16.2 Å². The lowest BCUT2D eigenvalue weighted by Crippen LogP contribution is -2.41. The Balaban J connectivity index is 1.72. The van der Waals surface area contributed by atoms with Gasteiger partial charge in [0, 0.05) is 29.6 Å². The maximum absolute atomic E-state index is 12.0. The molecular formula is C21H22ClN3O3. The fourth-order valence-electron chi connectivity index (χ4n) is 2.40. The number of carbonyl (C=O) groups excluding carboxylic acids is 3. The number of rotatable bonds is 6. The van der Waals surface area contributed by atoms with Crippen molar-refractivity contribution >= 4 is 41.1 Å². The van der Waals surface area contributed by atoms with Gasteiger partial charge in [-0.15, -0.1) is 0 Å². The minimum atomic E-state index is -0.506. The summed E-state index contributed by atoms with van der Waals surface area (Å²) in [5.74, 6) is -1.24. The van der Waals surface area contributed by atoms with Crippen LogP contribution in [-0.2, 0) is 14.4 Å². The number of hydrogen-bond donors (Lipinski definition) is 3. The second-order valence-corrected chi connectivity index (χ2v) is 6.67. The van der Waals surface area contributed by atoms with E-state index in [2.05, 4.69) is 16.2 Å². The van der Waals surface area contributed by atoms with Crippen molar-refractivity contribution in [3.8, 4) is 0 Å². The summed E-state index contributed by atoms with van der Waals surface area (Å²) in [6.07, 6.45) is 2.76. The molecule has 0 fully saturated rings. The Hall–Kier alpha value is -3.12. The standard InChI is InChI=1S/C21H22ClN3O3/c1-14-7-9-18(15(2)13-14)23-19(26)11-12-21(28)25-24-20(27)10-8-16-5-3-4-6-17(16)22/h3-10,13H,11-12H2,1-2H3,(H,23,26)(H,24,27)(H,25,28)/b10-8+. The van der Waals surface area contributed by atoms with Crippen molar-refractivity contribution in [1.82, 2.24) is 10.9 Å². The van der Waals surface area contributed by atoms with E-state index in [9.17, 15) is 14.4 Å². The molecule has 28 heavy (non-hydrogen) atoms. The summed E-state index contributed by atoms with van der Waals surface area (Å²) >= 11 is 5.99. The van der Waals surface area contributed by atoms with Crippen LogP contribution in [0.25, 0.3) is 6.08 Å². The smallest absolute Gasteiger partial charge is 0.262 e. The first-order chi connectivity index (χ1) is 13.3. The first-order valence-corrected chi connectivity index (χ1v) is 9.11. The summed E-state index contributed by atoms with van der Waals surface area (Å²) in [5.41, 5.74) is 7.99. The molecule has 0 unspecified atom stereocenters. The molecule has 0 aromatic heterocycles. The average Bonchev–Trinajstić information content (AvgIpc) is 2.66. The number of hydrogen-bond acceptors (Lipinski definition) is 3. The SMILES string of the molecule is Cc1ccc(NC(=O)CCC(=O)NNC(=O)/C=C/c2ccccc2Cl)c(C)c1. The molecule has 2 aromatic rings. The number of anilines is 1. The predicted molar refractivity (Wildman–Crippen MR) is 111 cm³/mol. The zero-order valence-electron chi connectivity index (χ0n) is 15.7. The molecular weight excluding hydrogens is 378 g/mol. The van der Waals surface area contributed by atoms with Gasteiger partial charge in [-0.2, -0.15) is 0 Å². The number of hydrazine groups is 1. The van der Waals surface area contributed by atoms with Gasteiger partial charge in [0.15, 0.2) is 0 Å². The molecule has 146 valence electrons. The first kappa shape index (κ1) is 21.2. The lowest BCUT2D eigenvalue weighted by atomic mass is 10.1. The van der Waals surface area contributed by atoms with Crippen molar-refractivity contribution in [1.29, 1.82) is 0 Å². The fraction of sp³-hybridized carbons (Fsp3) is 0.190. The third-order valence-corrected chi connectivity index (χ3v) is 4.22. The van der Waals surface area contributed by atoms with E-state index in [1.54, 1.807) is 30.3 Å². The molecule has 6 nitrogen and oxygen atoms in total. The molecule has 0 radical (unpaired) electrons. The number of aryl methyl sites for hydroxylation is 2. The lowest BCUT2D eigenvalue weighted by Gasteiger charge is -2.09. The van der Waals surface area contributed by atoms with Gasteiger partial charge >= 0.3 is 0 Å². The van der Waals surface area contributed by atoms with Crippen LogP contribution in [0.1, 0.15) is 29.5 Å². The molecule has 2 rings (SSSR count). The maximum atomic E-state index is 12.0. The van der Waals surface area contributed by atoms with Crippen molar-refractivity contribution in [3.63, 3.8) is 0 Å². The third kappa shape index (κ3) is 6.89. The molecule has 0 atom stereocenters. The second-order valence-electron chi connectivity index (χ2n) is 6.26. The van der Waals surface area contributed by atoms with Crippen LogP contribution in [0.3, 0.4) is 0 Å². The average molecular weight is 400 g/mol. The van der Waals surface area contributed by atoms with Gasteiger partial charge in [0.2, 0.25) is 11.8 Å². The Kier molecular flexibility index (Phi) is 7.77. The van der Waals surface area contributed by atoms with E-state index in [1.165, 1.54) is 6.08 Å². The summed E-state index contributed by atoms with van der Waals surface area (Å²) in [5, 5.41) is 3.29. The topological polar surface area (TPSA) is 87.3 Å². The summed E-state index contributed by atoms with van der Waals surface area (Å²) in [6.45, 7) is 3.88. The second kappa shape index (κ2) is 10.3. The normalized spacial score (nSPS) is 10.5. The van der Waals surface area contributed by atoms with Crippen molar-refractivity contribution in [3.05, 3.63) is 70.3 Å². The number of carbonyl (C=O) groups is 3. The van der Waals surface area contributed by atoms with Crippen LogP contribution in [-0.4, -0.2) is 17.7 Å². The molecule has 0 bridgehead atoms. The monoisotopic (exact) mass is 399 g/mol. The molecule has 3 amide bonds. The Bertz CT molecular complexity index is 910. The quantitative estimate of drug-likeness (QED) is 0.513. The van der Waals surface area contributed by atoms with E-state index < -0.39 is 11.8 Å². The number of nitrogens with one attached hydrogen (secondary N) is 3. The minimum absolute atomic E-state index is 0.00445. The highest BCUT2D eigenvalue weighted by Gasteiger charge is 2.09. The molecule has 0 saturated carbocycles. The maximum Gasteiger partial charge on any atom is 0.262 e. The predicted octanol–water partition coefficient (Wildman–Crippen LogP) is 3.54. The summed E-state index contributed by atoms with van der Waals surface area (Å²) < 4.78 is 0. The van der Waals surface area contributed by atoms with Gasteiger partial charge in [0.1, 0.15) is 0 Å². The number of amides is 3. The van der Waals surface area contributed by atoms with Crippen LogP contribution in [0.15, 0.2) is 48.5 Å². The molecule has 0 heterocycles.